The molecule has 26 nitrogen and oxygen atoms in total. The number of benzene rings is 9. The summed E-state index contributed by atoms with van der Waals surface area (Å²) in [6.07, 6.45) is 2.37. The van der Waals surface area contributed by atoms with Crippen LogP contribution in [0.25, 0.3) is 43.1 Å². The first-order chi connectivity index (χ1) is 64.7. The van der Waals surface area contributed by atoms with Crippen LogP contribution in [0.3, 0.4) is 0 Å². The molecule has 8 saturated heterocycles. The van der Waals surface area contributed by atoms with E-state index in [1.165, 1.54) is 22.7 Å². The highest BCUT2D eigenvalue weighted by Crippen LogP contribution is 2.59. The fourth-order valence-corrected chi connectivity index (χ4v) is 21.8. The Morgan fingerprint density at radius 2 is 0.560 bits per heavy atom. The minimum Gasteiger partial charge on any atom is -0.457 e. The third-order valence-corrected chi connectivity index (χ3v) is 29.4. The first-order valence-corrected chi connectivity index (χ1v) is 49.1. The van der Waals surface area contributed by atoms with Gasteiger partial charge in [-0.15, -0.1) is 22.7 Å². The maximum Gasteiger partial charge on any atom is 0.262 e. The number of imide groups is 2. The van der Waals surface area contributed by atoms with E-state index >= 15 is 28.8 Å². The molecule has 0 saturated carbocycles. The zero-order chi connectivity index (χ0) is 92.4. The lowest BCUT2D eigenvalue weighted by atomic mass is 9.80. The van der Waals surface area contributed by atoms with Crippen LogP contribution in [-0.2, 0) is 69.1 Å². The van der Waals surface area contributed by atoms with Crippen molar-refractivity contribution < 1.29 is 85.6 Å². The van der Waals surface area contributed by atoms with Gasteiger partial charge in [0, 0.05) is 166 Å². The van der Waals surface area contributed by atoms with E-state index < -0.39 is 69.2 Å². The number of fused-ring (bicyclic) bond motifs is 2. The van der Waals surface area contributed by atoms with Gasteiger partial charge in [-0.2, -0.15) is 0 Å². The lowest BCUT2D eigenvalue weighted by Crippen LogP contribution is -2.48. The molecule has 10 aliphatic heterocycles. The largest absolute Gasteiger partial charge is 0.457 e. The summed E-state index contributed by atoms with van der Waals surface area (Å²) in [4.78, 5) is 111. The number of nitrogens with zero attached hydrogens (tertiary/aromatic N) is 6. The van der Waals surface area contributed by atoms with Crippen molar-refractivity contribution in [1.29, 1.82) is 0 Å². The van der Waals surface area contributed by atoms with Crippen molar-refractivity contribution >= 4 is 101 Å². The van der Waals surface area contributed by atoms with Crippen LogP contribution >= 0.6 is 22.7 Å². The Labute approximate surface area is 787 Å². The summed E-state index contributed by atoms with van der Waals surface area (Å²) in [6, 6.07) is 42.5. The van der Waals surface area contributed by atoms with Crippen LogP contribution in [0.1, 0.15) is 168 Å². The number of epoxide rings is 8. The molecule has 28 heteroatoms. The molecule has 11 aromatic rings. The molecule has 10 aliphatic rings. The van der Waals surface area contributed by atoms with Crippen LogP contribution in [0.5, 0.6) is 46.0 Å². The number of rotatable bonds is 46. The van der Waals surface area contributed by atoms with Gasteiger partial charge in [0.05, 0.1) is 124 Å². The van der Waals surface area contributed by atoms with Gasteiger partial charge in [-0.1, -0.05) is 130 Å². The van der Waals surface area contributed by atoms with E-state index in [9.17, 15) is 0 Å². The van der Waals surface area contributed by atoms with Gasteiger partial charge in [0.1, 0.15) is 46.0 Å². The lowest BCUT2D eigenvalue weighted by molar-refractivity contribution is -0.125. The molecule has 134 heavy (non-hydrogen) atoms. The van der Waals surface area contributed by atoms with Gasteiger partial charge in [-0.3, -0.25) is 58.2 Å². The summed E-state index contributed by atoms with van der Waals surface area (Å²) >= 11 is 2.51. The molecule has 6 amide bonds. The van der Waals surface area contributed by atoms with E-state index in [0.29, 0.717) is 157 Å². The SMILES string of the molecule is CCCNC(=O)C(c1cccs1)N1C(=O)c2cc(Oc3ccc(C(C)(C)CN(CC4CO4)CC4CO4)cc3)c3c4c(Oc5ccc(C(C)(C)CN(CC6CO6)CC6CO6)cc5)cc5c6c(cc(Oc7ccc(C(C)(C)CN(CC8CO8)CC8CO8)cc7)c(c7c(Oc8ccc(C(C)(C)CN(CC9CO9)CC9CO9)cc8)cc(c2c37)C1=O)c64)C(=O)N(C(C(=O)NCCC)c1cccs1)C5=O. The molecule has 700 valence electrons. The third-order valence-electron chi connectivity index (χ3n) is 27.5. The third kappa shape index (κ3) is 19.2. The molecule has 21 rings (SSSR count). The number of carbonyl (C=O) groups is 6. The molecule has 0 radical (unpaired) electrons. The second kappa shape index (κ2) is 36.3. The summed E-state index contributed by atoms with van der Waals surface area (Å²) in [5, 5.41) is 11.9. The number of thiophene rings is 2. The summed E-state index contributed by atoms with van der Waals surface area (Å²) in [6.45, 7) is 36.8. The number of carbonyl (C=O) groups excluding carboxylic acids is 6. The van der Waals surface area contributed by atoms with Gasteiger partial charge in [0.15, 0.2) is 12.1 Å². The van der Waals surface area contributed by atoms with Crippen LogP contribution in [-0.4, -0.2) is 258 Å². The van der Waals surface area contributed by atoms with E-state index in [1.807, 2.05) is 73.1 Å². The Hall–Kier alpha value is -10.4. The van der Waals surface area contributed by atoms with Crippen LogP contribution in [0.15, 0.2) is 156 Å². The fraction of sp³-hybridized carbons (Fsp3) is 0.453. The molecule has 0 aliphatic carbocycles. The molecular weight excluding hydrogens is 1740 g/mol. The first-order valence-electron chi connectivity index (χ1n) is 47.4. The maximum absolute atomic E-state index is 17.0. The van der Waals surface area contributed by atoms with Crippen molar-refractivity contribution in [3.05, 3.63) is 211 Å². The van der Waals surface area contributed by atoms with Gasteiger partial charge < -0.3 is 67.5 Å². The molecule has 0 bridgehead atoms. The number of nitrogens with one attached hydrogen (secondary N) is 2. The Kier molecular flexibility index (Phi) is 24.4. The van der Waals surface area contributed by atoms with Crippen molar-refractivity contribution in [2.45, 2.75) is 165 Å². The van der Waals surface area contributed by atoms with Crippen LogP contribution in [0.4, 0.5) is 0 Å². The molecule has 2 N–H and O–H groups in total. The zero-order valence-corrected chi connectivity index (χ0v) is 79.2. The van der Waals surface area contributed by atoms with E-state index in [4.69, 9.17) is 56.8 Å². The zero-order valence-electron chi connectivity index (χ0n) is 77.6. The lowest BCUT2D eigenvalue weighted by Gasteiger charge is -2.35. The minimum atomic E-state index is -1.45. The molecule has 0 spiro atoms. The fourth-order valence-electron chi connectivity index (χ4n) is 20.2. The predicted molar refractivity (Wildman–Crippen MR) is 511 cm³/mol. The summed E-state index contributed by atoms with van der Waals surface area (Å²) in [7, 11) is 0. The van der Waals surface area contributed by atoms with Crippen molar-refractivity contribution in [2.75, 3.05) is 144 Å². The van der Waals surface area contributed by atoms with Crippen molar-refractivity contribution in [3.63, 3.8) is 0 Å². The second-order valence-corrected chi connectivity index (χ2v) is 42.5. The van der Waals surface area contributed by atoms with Crippen molar-refractivity contribution in [1.82, 2.24) is 40.0 Å². The number of hydrogen-bond donors (Lipinski definition) is 2. The van der Waals surface area contributed by atoms with E-state index in [1.54, 1.807) is 48.5 Å². The average Bonchev–Trinajstić information content (AvgIpc) is 1.01. The molecule has 12 heterocycles. The summed E-state index contributed by atoms with van der Waals surface area (Å²) in [5.41, 5.74) is 2.49. The highest BCUT2D eigenvalue weighted by atomic mass is 32.1. The number of hydrogen-bond acceptors (Lipinski definition) is 24. The van der Waals surface area contributed by atoms with Gasteiger partial charge in [-0.25, -0.2) is 0 Å². The van der Waals surface area contributed by atoms with Crippen LogP contribution in [0, 0.1) is 0 Å². The van der Waals surface area contributed by atoms with Crippen LogP contribution in [0.2, 0.25) is 0 Å². The summed E-state index contributed by atoms with van der Waals surface area (Å²) in [5.74, 6) is -2.44. The summed E-state index contributed by atoms with van der Waals surface area (Å²) < 4.78 is 77.0. The molecule has 2 aromatic heterocycles. The van der Waals surface area contributed by atoms with Gasteiger partial charge >= 0.3 is 0 Å². The first kappa shape index (κ1) is 90.1. The van der Waals surface area contributed by atoms with Crippen molar-refractivity contribution in [3.8, 4) is 46.0 Å². The van der Waals surface area contributed by atoms with Gasteiger partial charge in [-0.05, 0) is 131 Å². The monoisotopic (exact) mass is 1850 g/mol. The average molecular weight is 1850 g/mol. The standard InChI is InChI=1S/C106H116N8O18S2/c1-11-33-107-97(115)95(85-15-13-35-133-85)113-99(117)77-37-81(129-65-25-17-61(18-26-65)103(3,4)57-109(41-69-49-121-69)42-70-50-122-70)89-91-83(131-67-29-21-63(22-30-67)105(7,8)59-111(45-73-53-125-73)46-74-54-126-74)39-79-88-80(102(120)114(101(79)119)96(86-16-14-36-134-86)98(116)108-34-12-2)40-84(132-68-31-23-64(24-32-68)106(9,10)60-112(47-75-55-127-75)48-76-56-128-76)92(94(88)91)90-82(38-78(100(113)118)87(77)93(89)90)130-66-27-19-62(20-28-66)104(5,6)58-110(43-71-51-123-71)44-72-52-124-72/h13-32,35-40,69-76,95-96H,11-12,33-34,41-60H2,1-10H3,(H,107,115)(H,108,116). The smallest absolute Gasteiger partial charge is 0.262 e. The highest BCUT2D eigenvalue weighted by Gasteiger charge is 2.49. The quantitative estimate of drug-likeness (QED) is 0.0155. The Morgan fingerprint density at radius 3 is 0.746 bits per heavy atom. The highest BCUT2D eigenvalue weighted by molar-refractivity contribution is 7.10. The minimum absolute atomic E-state index is 0.0170. The molecule has 8 fully saturated rings. The van der Waals surface area contributed by atoms with E-state index in [0.717, 1.165) is 84.4 Å². The Balaban J connectivity index is 0.822. The Morgan fingerprint density at radius 1 is 0.343 bits per heavy atom. The van der Waals surface area contributed by atoms with Crippen LogP contribution < -0.4 is 29.6 Å². The topological polar surface area (TPSA) is 283 Å². The van der Waals surface area contributed by atoms with Gasteiger partial charge in [0.25, 0.3) is 23.6 Å². The Bertz CT molecular complexity index is 5530. The predicted octanol–water partition coefficient (Wildman–Crippen LogP) is 16.3. The van der Waals surface area contributed by atoms with Gasteiger partial charge in [0.2, 0.25) is 11.8 Å². The molecule has 10 atom stereocenters. The van der Waals surface area contributed by atoms with Crippen molar-refractivity contribution in [2.24, 2.45) is 0 Å². The second-order valence-electron chi connectivity index (χ2n) is 40.5. The molecule has 9 aromatic carbocycles. The van der Waals surface area contributed by atoms with E-state index in [2.05, 4.69) is 134 Å². The maximum atomic E-state index is 17.0. The van der Waals surface area contributed by atoms with E-state index in [-0.39, 0.29) is 118 Å². The molecular formula is C106H116N8O18S2. The normalized spacial score (nSPS) is 21.5. The number of ether oxygens (including phenoxy) is 12. The number of amides is 6. The molecule has 10 unspecified atom stereocenters.